The number of halogens is 1. The molecule has 2 aromatic rings. The topological polar surface area (TPSA) is 17.8 Å². The number of hydrogen-bond acceptors (Lipinski definition) is 1. The first-order chi connectivity index (χ1) is 5.86. The lowest BCUT2D eigenvalue weighted by Crippen LogP contribution is -1.90. The largest absolute Gasteiger partial charge is 0.306 e. The summed E-state index contributed by atoms with van der Waals surface area (Å²) in [7, 11) is 0. The van der Waals surface area contributed by atoms with Gasteiger partial charge in [-0.1, -0.05) is 0 Å². The first-order valence-corrected chi connectivity index (χ1v) is 3.43. The van der Waals surface area contributed by atoms with Crippen molar-refractivity contribution in [2.45, 2.75) is 0 Å². The van der Waals surface area contributed by atoms with Gasteiger partial charge in [0.25, 0.3) is 0 Å². The number of rotatable bonds is 1. The summed E-state index contributed by atoms with van der Waals surface area (Å²) in [6, 6.07) is 7.95. The third kappa shape index (κ3) is 1.21. The third-order valence-corrected chi connectivity index (χ3v) is 1.47. The van der Waals surface area contributed by atoms with Crippen molar-refractivity contribution in [2.75, 3.05) is 0 Å². The van der Waals surface area contributed by atoms with Crippen LogP contribution in [0, 0.1) is 17.9 Å². The van der Waals surface area contributed by atoms with Gasteiger partial charge < -0.3 is 4.57 Å². The SMILES string of the molecule is Fc1c[c][c]c(-n2ccnc2)c1. The molecular weight excluding hydrogens is 155 g/mol. The average molecular weight is 160 g/mol. The summed E-state index contributed by atoms with van der Waals surface area (Å²) >= 11 is 0. The van der Waals surface area contributed by atoms with Crippen LogP contribution in [0.1, 0.15) is 0 Å². The quantitative estimate of drug-likeness (QED) is 0.619. The Hall–Kier alpha value is -1.64. The molecule has 0 bridgehead atoms. The second kappa shape index (κ2) is 2.77. The van der Waals surface area contributed by atoms with Crippen LogP contribution in [0.2, 0.25) is 0 Å². The van der Waals surface area contributed by atoms with Crippen LogP contribution in [0.5, 0.6) is 0 Å². The molecule has 1 aromatic heterocycles. The van der Waals surface area contributed by atoms with E-state index >= 15 is 0 Å². The molecule has 3 heteroatoms. The molecule has 1 aromatic carbocycles. The Morgan fingerprint density at radius 1 is 1.50 bits per heavy atom. The molecule has 0 aliphatic carbocycles. The minimum Gasteiger partial charge on any atom is -0.306 e. The van der Waals surface area contributed by atoms with E-state index in [1.807, 2.05) is 0 Å². The van der Waals surface area contributed by atoms with E-state index in [1.54, 1.807) is 23.3 Å². The number of hydrogen-bond donors (Lipinski definition) is 0. The molecule has 0 saturated heterocycles. The van der Waals surface area contributed by atoms with E-state index in [0.29, 0.717) is 5.69 Å². The smallest absolute Gasteiger partial charge is 0.125 e. The summed E-state index contributed by atoms with van der Waals surface area (Å²) in [6.45, 7) is 0. The summed E-state index contributed by atoms with van der Waals surface area (Å²) < 4.78 is 14.3. The van der Waals surface area contributed by atoms with Crippen molar-refractivity contribution in [1.29, 1.82) is 0 Å². The highest BCUT2D eigenvalue weighted by atomic mass is 19.1. The second-order valence-corrected chi connectivity index (χ2v) is 2.30. The van der Waals surface area contributed by atoms with Crippen molar-refractivity contribution in [3.8, 4) is 5.69 Å². The van der Waals surface area contributed by atoms with Crippen LogP contribution in [0.15, 0.2) is 30.9 Å². The molecule has 0 amide bonds. The Kier molecular flexibility index (Phi) is 1.63. The molecule has 2 rings (SSSR count). The molecule has 0 fully saturated rings. The number of nitrogens with zero attached hydrogens (tertiary/aromatic N) is 2. The van der Waals surface area contributed by atoms with E-state index in [-0.39, 0.29) is 5.82 Å². The highest BCUT2D eigenvalue weighted by Crippen LogP contribution is 2.06. The summed E-state index contributed by atoms with van der Waals surface area (Å²) in [5, 5.41) is 0. The molecule has 58 valence electrons. The van der Waals surface area contributed by atoms with E-state index < -0.39 is 0 Å². The van der Waals surface area contributed by atoms with Crippen LogP contribution in [-0.4, -0.2) is 9.55 Å². The summed E-state index contributed by atoms with van der Waals surface area (Å²) in [5.74, 6) is -0.322. The molecule has 12 heavy (non-hydrogen) atoms. The maximum absolute atomic E-state index is 12.7. The van der Waals surface area contributed by atoms with E-state index in [2.05, 4.69) is 17.1 Å². The van der Waals surface area contributed by atoms with Crippen molar-refractivity contribution >= 4 is 0 Å². The predicted molar refractivity (Wildman–Crippen MR) is 41.2 cm³/mol. The number of imidazole rings is 1. The minimum absolute atomic E-state index is 0.322. The highest BCUT2D eigenvalue weighted by Gasteiger charge is 1.96. The van der Waals surface area contributed by atoms with Gasteiger partial charge >= 0.3 is 0 Å². The van der Waals surface area contributed by atoms with Crippen molar-refractivity contribution in [1.82, 2.24) is 9.55 Å². The van der Waals surface area contributed by atoms with Gasteiger partial charge in [-0.05, 0) is 18.2 Å². The Bertz CT molecular complexity index is 368. The van der Waals surface area contributed by atoms with Gasteiger partial charge in [0.15, 0.2) is 0 Å². The van der Waals surface area contributed by atoms with Crippen LogP contribution < -0.4 is 0 Å². The number of benzene rings is 1. The van der Waals surface area contributed by atoms with Gasteiger partial charge in [0.1, 0.15) is 5.82 Å². The van der Waals surface area contributed by atoms with Crippen LogP contribution >= 0.6 is 0 Å². The normalized spacial score (nSPS) is 10.1. The average Bonchev–Trinajstić information content (AvgIpc) is 2.56. The van der Waals surface area contributed by atoms with Crippen LogP contribution in [0.25, 0.3) is 5.69 Å². The first kappa shape index (κ1) is 7.03. The Morgan fingerprint density at radius 2 is 2.42 bits per heavy atom. The summed E-state index contributed by atoms with van der Waals surface area (Å²) in [4.78, 5) is 3.83. The first-order valence-electron chi connectivity index (χ1n) is 3.43. The Balaban J connectivity index is 2.48. The molecule has 0 saturated carbocycles. The lowest BCUT2D eigenvalue weighted by atomic mass is 10.3. The predicted octanol–water partition coefficient (Wildman–Crippen LogP) is 1.61. The van der Waals surface area contributed by atoms with E-state index in [0.717, 1.165) is 0 Å². The molecule has 0 aliphatic rings. The zero-order chi connectivity index (χ0) is 8.39. The fourth-order valence-corrected chi connectivity index (χ4v) is 0.928. The minimum atomic E-state index is -0.322. The molecule has 0 unspecified atom stereocenters. The van der Waals surface area contributed by atoms with Crippen molar-refractivity contribution in [2.24, 2.45) is 0 Å². The summed E-state index contributed by atoms with van der Waals surface area (Å²) in [5.41, 5.74) is 0.604. The van der Waals surface area contributed by atoms with E-state index in [9.17, 15) is 4.39 Å². The molecule has 2 radical (unpaired) electrons. The second-order valence-electron chi connectivity index (χ2n) is 2.30. The monoisotopic (exact) mass is 160 g/mol. The van der Waals surface area contributed by atoms with Crippen molar-refractivity contribution < 1.29 is 4.39 Å². The van der Waals surface area contributed by atoms with Gasteiger partial charge in [0, 0.05) is 18.5 Å². The molecule has 0 spiro atoms. The van der Waals surface area contributed by atoms with E-state index in [1.165, 1.54) is 12.1 Å². The van der Waals surface area contributed by atoms with Crippen LogP contribution in [-0.2, 0) is 0 Å². The molecule has 0 aliphatic heterocycles. The molecule has 0 atom stereocenters. The Labute approximate surface area is 69.3 Å². The Morgan fingerprint density at radius 3 is 3.08 bits per heavy atom. The standard InChI is InChI=1S/C9H5FN2/c10-8-2-1-3-9(6-8)12-5-4-11-7-12/h2,4-7H. The molecular formula is C9H5FN2. The van der Waals surface area contributed by atoms with Crippen molar-refractivity contribution in [3.63, 3.8) is 0 Å². The lowest BCUT2D eigenvalue weighted by Gasteiger charge is -1.98. The van der Waals surface area contributed by atoms with Crippen LogP contribution in [0.3, 0.4) is 0 Å². The summed E-state index contributed by atoms with van der Waals surface area (Å²) in [6.07, 6.45) is 4.93. The molecule has 2 nitrogen and oxygen atoms in total. The third-order valence-electron chi connectivity index (χ3n) is 1.47. The lowest BCUT2D eigenvalue weighted by molar-refractivity contribution is 0.626. The fourth-order valence-electron chi connectivity index (χ4n) is 0.928. The molecule has 0 N–H and O–H groups in total. The highest BCUT2D eigenvalue weighted by molar-refractivity contribution is 5.29. The zero-order valence-electron chi connectivity index (χ0n) is 6.16. The van der Waals surface area contributed by atoms with Crippen LogP contribution in [0.4, 0.5) is 4.39 Å². The van der Waals surface area contributed by atoms with E-state index in [4.69, 9.17) is 0 Å². The van der Waals surface area contributed by atoms with Gasteiger partial charge in [-0.2, -0.15) is 0 Å². The maximum Gasteiger partial charge on any atom is 0.125 e. The van der Waals surface area contributed by atoms with Gasteiger partial charge in [0.2, 0.25) is 0 Å². The van der Waals surface area contributed by atoms with Gasteiger partial charge in [-0.15, -0.1) is 0 Å². The van der Waals surface area contributed by atoms with Gasteiger partial charge in [-0.25, -0.2) is 9.37 Å². The number of aromatic nitrogens is 2. The van der Waals surface area contributed by atoms with Gasteiger partial charge in [-0.3, -0.25) is 0 Å². The molecule has 1 heterocycles. The van der Waals surface area contributed by atoms with Crippen molar-refractivity contribution in [3.05, 3.63) is 48.8 Å². The van der Waals surface area contributed by atoms with Gasteiger partial charge in [0.05, 0.1) is 12.0 Å². The maximum atomic E-state index is 12.7. The zero-order valence-corrected chi connectivity index (χ0v) is 6.16. The fraction of sp³-hybridized carbons (Fsp3) is 0.